The van der Waals surface area contributed by atoms with Crippen molar-refractivity contribution in [3.8, 4) is 0 Å². The van der Waals surface area contributed by atoms with E-state index in [1.807, 2.05) is 4.90 Å². The van der Waals surface area contributed by atoms with E-state index in [0.717, 1.165) is 25.9 Å². The number of likely N-dealkylation sites (tertiary alicyclic amines) is 1. The molecule has 1 N–H and O–H groups in total. The molecule has 0 bridgehead atoms. The Labute approximate surface area is 109 Å². The van der Waals surface area contributed by atoms with Crippen LogP contribution in [0.25, 0.3) is 5.65 Å². The number of hydrogen-bond acceptors (Lipinski definition) is 6. The van der Waals surface area contributed by atoms with Gasteiger partial charge in [-0.1, -0.05) is 0 Å². The van der Waals surface area contributed by atoms with E-state index in [1.165, 1.54) is 10.9 Å². The third-order valence-corrected chi connectivity index (χ3v) is 3.24. The summed E-state index contributed by atoms with van der Waals surface area (Å²) >= 11 is 0. The van der Waals surface area contributed by atoms with Gasteiger partial charge in [-0.15, -0.1) is 5.10 Å². The van der Waals surface area contributed by atoms with E-state index in [2.05, 4.69) is 25.8 Å². The summed E-state index contributed by atoms with van der Waals surface area (Å²) in [4.78, 5) is 17.9. The van der Waals surface area contributed by atoms with Gasteiger partial charge in [-0.3, -0.25) is 9.78 Å². The van der Waals surface area contributed by atoms with Crippen molar-refractivity contribution in [1.82, 2.24) is 29.9 Å². The Kier molecular flexibility index (Phi) is 3.21. The van der Waals surface area contributed by atoms with Crippen LogP contribution >= 0.6 is 0 Å². The molecular weight excluding hydrogens is 246 g/mol. The van der Waals surface area contributed by atoms with Crippen LogP contribution in [0.1, 0.15) is 19.3 Å². The van der Waals surface area contributed by atoms with E-state index < -0.39 is 0 Å². The molecule has 0 atom stereocenters. The highest BCUT2D eigenvalue weighted by atomic mass is 16.2. The summed E-state index contributed by atoms with van der Waals surface area (Å²) in [6, 6.07) is 0. The van der Waals surface area contributed by atoms with E-state index in [4.69, 9.17) is 0 Å². The molecule has 0 aliphatic carbocycles. The number of nitrogens with zero attached hydrogens (tertiary/aromatic N) is 6. The van der Waals surface area contributed by atoms with Crippen molar-refractivity contribution in [2.75, 3.05) is 25.0 Å². The lowest BCUT2D eigenvalue weighted by Crippen LogP contribution is -2.39. The monoisotopic (exact) mass is 261 g/mol. The van der Waals surface area contributed by atoms with Crippen LogP contribution in [0.5, 0.6) is 0 Å². The van der Waals surface area contributed by atoms with Gasteiger partial charge in [-0.05, 0) is 29.7 Å². The number of fused-ring (bicyclic) bond motifs is 1. The van der Waals surface area contributed by atoms with Gasteiger partial charge >= 0.3 is 0 Å². The van der Waals surface area contributed by atoms with Gasteiger partial charge in [0.1, 0.15) is 0 Å². The van der Waals surface area contributed by atoms with Crippen molar-refractivity contribution >= 4 is 17.4 Å². The molecule has 8 heteroatoms. The lowest BCUT2D eigenvalue weighted by Gasteiger charge is -2.26. The quantitative estimate of drug-likeness (QED) is 0.833. The summed E-state index contributed by atoms with van der Waals surface area (Å²) in [5.41, 5.74) is 0.551. The summed E-state index contributed by atoms with van der Waals surface area (Å²) < 4.78 is 1.52. The number of piperidine rings is 1. The Morgan fingerprint density at radius 2 is 2.11 bits per heavy atom. The van der Waals surface area contributed by atoms with Crippen LogP contribution in [0, 0.1) is 0 Å². The fraction of sp³-hybridized carbons (Fsp3) is 0.545. The summed E-state index contributed by atoms with van der Waals surface area (Å²) in [6.07, 6.45) is 6.57. The third kappa shape index (κ3) is 2.47. The molecule has 0 radical (unpaired) electrons. The fourth-order valence-electron chi connectivity index (χ4n) is 2.22. The molecular formula is C11H15N7O. The van der Waals surface area contributed by atoms with Gasteiger partial charge in [0.05, 0.1) is 18.9 Å². The topological polar surface area (TPSA) is 88.3 Å². The molecule has 2 aromatic heterocycles. The second-order valence-electron chi connectivity index (χ2n) is 4.54. The molecule has 19 heavy (non-hydrogen) atoms. The van der Waals surface area contributed by atoms with Gasteiger partial charge in [0.2, 0.25) is 5.91 Å². The first-order valence-electron chi connectivity index (χ1n) is 6.38. The van der Waals surface area contributed by atoms with E-state index in [9.17, 15) is 4.79 Å². The van der Waals surface area contributed by atoms with Crippen molar-refractivity contribution in [3.63, 3.8) is 0 Å². The molecule has 0 unspecified atom stereocenters. The molecule has 1 aliphatic heterocycles. The van der Waals surface area contributed by atoms with E-state index in [0.29, 0.717) is 11.5 Å². The summed E-state index contributed by atoms with van der Waals surface area (Å²) in [5.74, 6) is 0.720. The number of rotatable bonds is 3. The molecule has 3 rings (SSSR count). The Bertz CT molecular complexity index is 575. The highest BCUT2D eigenvalue weighted by molar-refractivity contribution is 5.80. The van der Waals surface area contributed by atoms with Gasteiger partial charge in [0.25, 0.3) is 0 Å². The predicted molar refractivity (Wildman–Crippen MR) is 67.5 cm³/mol. The lowest BCUT2D eigenvalue weighted by molar-refractivity contribution is -0.130. The molecule has 0 spiro atoms. The van der Waals surface area contributed by atoms with Crippen LogP contribution in [-0.4, -0.2) is 55.5 Å². The highest BCUT2D eigenvalue weighted by Gasteiger charge is 2.16. The third-order valence-electron chi connectivity index (χ3n) is 3.24. The van der Waals surface area contributed by atoms with Crippen molar-refractivity contribution in [3.05, 3.63) is 12.4 Å². The first-order valence-corrected chi connectivity index (χ1v) is 6.38. The first-order chi connectivity index (χ1) is 9.34. The van der Waals surface area contributed by atoms with Gasteiger partial charge < -0.3 is 10.2 Å². The molecule has 3 heterocycles. The van der Waals surface area contributed by atoms with Crippen molar-refractivity contribution in [2.45, 2.75) is 19.3 Å². The van der Waals surface area contributed by atoms with Gasteiger partial charge in [0.15, 0.2) is 11.5 Å². The van der Waals surface area contributed by atoms with E-state index in [1.54, 1.807) is 12.4 Å². The molecule has 1 amide bonds. The number of amides is 1. The summed E-state index contributed by atoms with van der Waals surface area (Å²) in [7, 11) is 0. The molecule has 0 saturated carbocycles. The van der Waals surface area contributed by atoms with Crippen molar-refractivity contribution in [1.29, 1.82) is 0 Å². The van der Waals surface area contributed by atoms with Gasteiger partial charge in [-0.2, -0.15) is 4.52 Å². The zero-order valence-electron chi connectivity index (χ0n) is 10.5. The molecule has 100 valence electrons. The normalized spacial score (nSPS) is 15.7. The number of aromatic nitrogens is 5. The fourth-order valence-corrected chi connectivity index (χ4v) is 2.22. The second-order valence-corrected chi connectivity index (χ2v) is 4.54. The Balaban J connectivity index is 1.65. The minimum absolute atomic E-state index is 0.102. The Hall–Kier alpha value is -2.25. The van der Waals surface area contributed by atoms with Gasteiger partial charge in [0, 0.05) is 13.1 Å². The minimum atomic E-state index is 0.102. The van der Waals surface area contributed by atoms with Crippen LogP contribution in [0.2, 0.25) is 0 Å². The van der Waals surface area contributed by atoms with Crippen LogP contribution < -0.4 is 5.32 Å². The van der Waals surface area contributed by atoms with Crippen molar-refractivity contribution in [2.24, 2.45) is 0 Å². The Morgan fingerprint density at radius 1 is 1.26 bits per heavy atom. The maximum Gasteiger partial charge on any atom is 0.241 e. The summed E-state index contributed by atoms with van der Waals surface area (Å²) in [6.45, 7) is 1.95. The largest absolute Gasteiger partial charge is 0.360 e. The van der Waals surface area contributed by atoms with E-state index >= 15 is 0 Å². The zero-order chi connectivity index (χ0) is 13.1. The SMILES string of the molecule is O=C(CNc1cncc2nnnn12)N1CCCCC1. The number of nitrogens with one attached hydrogen (secondary N) is 1. The zero-order valence-corrected chi connectivity index (χ0v) is 10.5. The minimum Gasteiger partial charge on any atom is -0.360 e. The molecule has 1 aliphatic rings. The molecule has 0 aromatic carbocycles. The van der Waals surface area contributed by atoms with Crippen LogP contribution in [0.3, 0.4) is 0 Å². The average molecular weight is 261 g/mol. The van der Waals surface area contributed by atoms with Crippen LogP contribution in [-0.2, 0) is 4.79 Å². The van der Waals surface area contributed by atoms with Crippen molar-refractivity contribution < 1.29 is 4.79 Å². The molecule has 8 nitrogen and oxygen atoms in total. The maximum atomic E-state index is 12.0. The van der Waals surface area contributed by atoms with Crippen LogP contribution in [0.4, 0.5) is 5.82 Å². The number of carbonyl (C=O) groups is 1. The average Bonchev–Trinajstić information content (AvgIpc) is 2.94. The molecule has 1 saturated heterocycles. The Morgan fingerprint density at radius 3 is 2.95 bits per heavy atom. The van der Waals surface area contributed by atoms with E-state index in [-0.39, 0.29) is 12.5 Å². The first kappa shape index (κ1) is 11.8. The standard InChI is InChI=1S/C11H15N7O/c19-11(17-4-2-1-3-5-17)8-13-9-6-12-7-10-14-15-16-18(9)10/h6-7,13H,1-5,8H2. The molecule has 2 aromatic rings. The number of carbonyl (C=O) groups excluding carboxylic acids is 1. The van der Waals surface area contributed by atoms with Crippen LogP contribution in [0.15, 0.2) is 12.4 Å². The molecule has 1 fully saturated rings. The number of tetrazole rings is 1. The smallest absolute Gasteiger partial charge is 0.241 e. The second kappa shape index (κ2) is 5.17. The summed E-state index contributed by atoms with van der Waals surface area (Å²) in [5, 5.41) is 14.2. The van der Waals surface area contributed by atoms with Gasteiger partial charge in [-0.25, -0.2) is 0 Å². The highest BCUT2D eigenvalue weighted by Crippen LogP contribution is 2.10. The number of hydrogen-bond donors (Lipinski definition) is 1. The predicted octanol–water partition coefficient (Wildman–Crippen LogP) is -0.0563. The number of anilines is 1. The maximum absolute atomic E-state index is 12.0. The lowest BCUT2D eigenvalue weighted by atomic mass is 10.1.